The molecule has 6 nitrogen and oxygen atoms in total. The lowest BCUT2D eigenvalue weighted by atomic mass is 10.1. The van der Waals surface area contributed by atoms with Gasteiger partial charge < -0.3 is 14.2 Å². The van der Waals surface area contributed by atoms with E-state index in [1.165, 1.54) is 0 Å². The van der Waals surface area contributed by atoms with Gasteiger partial charge in [-0.15, -0.1) is 0 Å². The van der Waals surface area contributed by atoms with E-state index < -0.39 is 11.7 Å². The smallest absolute Gasteiger partial charge is 0.412 e. The molecule has 1 unspecified atom stereocenters. The van der Waals surface area contributed by atoms with E-state index in [0.717, 1.165) is 6.42 Å². The number of carbonyl (C=O) groups excluding carboxylic acids is 2. The maximum absolute atomic E-state index is 12.5. The molecule has 1 saturated heterocycles. The van der Waals surface area contributed by atoms with Crippen molar-refractivity contribution in [3.63, 3.8) is 0 Å². The van der Waals surface area contributed by atoms with Crippen molar-refractivity contribution in [1.82, 2.24) is 4.90 Å². The van der Waals surface area contributed by atoms with Gasteiger partial charge in [-0.25, -0.2) is 9.59 Å². The number of carbonyl (C=O) groups is 2. The highest BCUT2D eigenvalue weighted by atomic mass is 16.6. The summed E-state index contributed by atoms with van der Waals surface area (Å²) in [5.74, 6) is -0.364. The molecule has 6 heteroatoms. The molecular formula is C17H29NO5. The summed E-state index contributed by atoms with van der Waals surface area (Å²) in [6.45, 7) is 11.7. The Hall–Kier alpha value is -1.56. The van der Waals surface area contributed by atoms with Crippen molar-refractivity contribution >= 4 is 12.1 Å². The number of esters is 1. The standard InChI is InChI=1S/C17H29NO5/c1-7-21-14-10-9-13(11-12(3)15(19)22-8-2)18(14)16(20)23-17(4,5)6/h11,13-14H,7-10H2,1-6H3/b12-11+/t13-,14?/m0/s1. The van der Waals surface area contributed by atoms with Crippen molar-refractivity contribution in [2.75, 3.05) is 13.2 Å². The monoisotopic (exact) mass is 327 g/mol. The average Bonchev–Trinajstić information content (AvgIpc) is 2.80. The van der Waals surface area contributed by atoms with E-state index in [-0.39, 0.29) is 18.2 Å². The van der Waals surface area contributed by atoms with Crippen LogP contribution in [-0.4, -0.2) is 48.0 Å². The van der Waals surface area contributed by atoms with E-state index in [1.54, 1.807) is 24.8 Å². The molecule has 1 fully saturated rings. The molecular weight excluding hydrogens is 298 g/mol. The Morgan fingerprint density at radius 3 is 2.35 bits per heavy atom. The van der Waals surface area contributed by atoms with E-state index in [1.807, 2.05) is 27.7 Å². The number of amides is 1. The molecule has 0 aromatic carbocycles. The zero-order valence-electron chi connectivity index (χ0n) is 15.0. The minimum Gasteiger partial charge on any atom is -0.463 e. The highest BCUT2D eigenvalue weighted by Gasteiger charge is 2.39. The topological polar surface area (TPSA) is 65.1 Å². The number of rotatable bonds is 5. The van der Waals surface area contributed by atoms with Crippen LogP contribution in [0.2, 0.25) is 0 Å². The van der Waals surface area contributed by atoms with Crippen molar-refractivity contribution < 1.29 is 23.8 Å². The average molecular weight is 327 g/mol. The minimum atomic E-state index is -0.582. The zero-order valence-corrected chi connectivity index (χ0v) is 15.0. The molecule has 0 saturated carbocycles. The SMILES string of the molecule is CCOC(=O)/C(C)=C/[C@@H]1CCC(OCC)N1C(=O)OC(C)(C)C. The first-order chi connectivity index (χ1) is 10.7. The van der Waals surface area contributed by atoms with Crippen LogP contribution in [0.3, 0.4) is 0 Å². The van der Waals surface area contributed by atoms with Gasteiger partial charge in [0.2, 0.25) is 0 Å². The van der Waals surface area contributed by atoms with Gasteiger partial charge in [0, 0.05) is 12.2 Å². The minimum absolute atomic E-state index is 0.231. The van der Waals surface area contributed by atoms with E-state index >= 15 is 0 Å². The summed E-state index contributed by atoms with van der Waals surface area (Å²) in [5.41, 5.74) is -0.0940. The van der Waals surface area contributed by atoms with Crippen molar-refractivity contribution in [2.24, 2.45) is 0 Å². The fraction of sp³-hybridized carbons (Fsp3) is 0.765. The van der Waals surface area contributed by atoms with Gasteiger partial charge in [-0.2, -0.15) is 0 Å². The molecule has 0 aromatic heterocycles. The van der Waals surface area contributed by atoms with Crippen LogP contribution in [-0.2, 0) is 19.0 Å². The van der Waals surface area contributed by atoms with E-state index in [9.17, 15) is 9.59 Å². The highest BCUT2D eigenvalue weighted by Crippen LogP contribution is 2.29. The maximum Gasteiger partial charge on any atom is 0.412 e. The Kier molecular flexibility index (Phi) is 7.06. The lowest BCUT2D eigenvalue weighted by molar-refractivity contribution is -0.138. The molecule has 132 valence electrons. The van der Waals surface area contributed by atoms with Crippen molar-refractivity contribution in [1.29, 1.82) is 0 Å². The van der Waals surface area contributed by atoms with Gasteiger partial charge in [0.05, 0.1) is 12.6 Å². The highest BCUT2D eigenvalue weighted by molar-refractivity contribution is 5.88. The van der Waals surface area contributed by atoms with Crippen LogP contribution < -0.4 is 0 Å². The van der Waals surface area contributed by atoms with Crippen molar-refractivity contribution in [2.45, 2.75) is 72.3 Å². The molecule has 1 amide bonds. The first kappa shape index (κ1) is 19.5. The van der Waals surface area contributed by atoms with Crippen LogP contribution in [0.4, 0.5) is 4.79 Å². The second kappa shape index (κ2) is 8.34. The first-order valence-corrected chi connectivity index (χ1v) is 8.18. The maximum atomic E-state index is 12.5. The first-order valence-electron chi connectivity index (χ1n) is 8.18. The number of ether oxygens (including phenoxy) is 3. The second-order valence-corrected chi connectivity index (χ2v) is 6.51. The molecule has 0 N–H and O–H groups in total. The summed E-state index contributed by atoms with van der Waals surface area (Å²) < 4.78 is 16.1. The molecule has 1 aliphatic rings. The molecule has 0 spiro atoms. The fourth-order valence-corrected chi connectivity index (χ4v) is 2.49. The van der Waals surface area contributed by atoms with Crippen LogP contribution >= 0.6 is 0 Å². The van der Waals surface area contributed by atoms with Crippen LogP contribution in [0.1, 0.15) is 54.4 Å². The lowest BCUT2D eigenvalue weighted by Crippen LogP contribution is -2.44. The predicted molar refractivity (Wildman–Crippen MR) is 86.9 cm³/mol. The van der Waals surface area contributed by atoms with Crippen molar-refractivity contribution in [3.05, 3.63) is 11.6 Å². The Morgan fingerprint density at radius 1 is 1.17 bits per heavy atom. The third kappa shape index (κ3) is 5.86. The molecule has 1 aliphatic heterocycles. The molecule has 2 atom stereocenters. The summed E-state index contributed by atoms with van der Waals surface area (Å²) >= 11 is 0. The van der Waals surface area contributed by atoms with Gasteiger partial charge in [0.25, 0.3) is 0 Å². The lowest BCUT2D eigenvalue weighted by Gasteiger charge is -2.31. The molecule has 0 aromatic rings. The normalized spacial score (nSPS) is 22.2. The summed E-state index contributed by atoms with van der Waals surface area (Å²) in [6, 6.07) is -0.231. The Balaban J connectivity index is 2.94. The molecule has 0 aliphatic carbocycles. The van der Waals surface area contributed by atoms with Gasteiger partial charge in [-0.05, 0) is 54.4 Å². The molecule has 0 bridgehead atoms. The van der Waals surface area contributed by atoms with Crippen LogP contribution in [0.25, 0.3) is 0 Å². The number of hydrogen-bond donors (Lipinski definition) is 0. The van der Waals surface area contributed by atoms with E-state index in [0.29, 0.717) is 25.2 Å². The van der Waals surface area contributed by atoms with Crippen molar-refractivity contribution in [3.8, 4) is 0 Å². The number of nitrogens with zero attached hydrogens (tertiary/aromatic N) is 1. The Bertz CT molecular complexity index is 452. The molecule has 23 heavy (non-hydrogen) atoms. The largest absolute Gasteiger partial charge is 0.463 e. The quantitative estimate of drug-likeness (QED) is 0.573. The molecule has 0 radical (unpaired) electrons. The van der Waals surface area contributed by atoms with Crippen LogP contribution in [0.5, 0.6) is 0 Å². The van der Waals surface area contributed by atoms with E-state index in [2.05, 4.69) is 0 Å². The third-order valence-corrected chi connectivity index (χ3v) is 3.38. The van der Waals surface area contributed by atoms with Crippen LogP contribution in [0, 0.1) is 0 Å². The third-order valence-electron chi connectivity index (χ3n) is 3.38. The summed E-state index contributed by atoms with van der Waals surface area (Å²) in [7, 11) is 0. The van der Waals surface area contributed by atoms with Gasteiger partial charge in [0.15, 0.2) is 0 Å². The number of likely N-dealkylation sites (tertiary alicyclic amines) is 1. The van der Waals surface area contributed by atoms with Gasteiger partial charge in [-0.1, -0.05) is 6.08 Å². The second-order valence-electron chi connectivity index (χ2n) is 6.51. The zero-order chi connectivity index (χ0) is 17.6. The summed E-state index contributed by atoms with van der Waals surface area (Å²) in [6.07, 6.45) is 2.45. The predicted octanol–water partition coefficient (Wildman–Crippen LogP) is 3.26. The Labute approximate surface area is 138 Å². The van der Waals surface area contributed by atoms with Gasteiger partial charge in [-0.3, -0.25) is 4.90 Å². The summed E-state index contributed by atoms with van der Waals surface area (Å²) in [4.78, 5) is 25.9. The van der Waals surface area contributed by atoms with Gasteiger partial charge in [0.1, 0.15) is 11.8 Å². The number of hydrogen-bond acceptors (Lipinski definition) is 5. The molecule has 1 rings (SSSR count). The van der Waals surface area contributed by atoms with Crippen LogP contribution in [0.15, 0.2) is 11.6 Å². The fourth-order valence-electron chi connectivity index (χ4n) is 2.49. The molecule has 1 heterocycles. The Morgan fingerprint density at radius 2 is 1.83 bits per heavy atom. The van der Waals surface area contributed by atoms with E-state index in [4.69, 9.17) is 14.2 Å². The summed E-state index contributed by atoms with van der Waals surface area (Å²) in [5, 5.41) is 0. The van der Waals surface area contributed by atoms with Gasteiger partial charge >= 0.3 is 12.1 Å².